The minimum atomic E-state index is -0.890. The fraction of sp³-hybridized carbons (Fsp3) is 0.643. The highest BCUT2D eigenvalue weighted by Crippen LogP contribution is 2.11. The van der Waals surface area contributed by atoms with Crippen molar-refractivity contribution in [2.24, 2.45) is 11.7 Å². The Morgan fingerprint density at radius 2 is 1.03 bits per heavy atom. The van der Waals surface area contributed by atoms with Crippen molar-refractivity contribution in [1.29, 1.82) is 0 Å². The monoisotopic (exact) mass is 910 g/mol. The third kappa shape index (κ3) is 26.5. The predicted molar refractivity (Wildman–Crippen MR) is 228 cm³/mol. The van der Waals surface area contributed by atoms with Gasteiger partial charge in [0.1, 0.15) is 18.7 Å². The minimum absolute atomic E-state index is 0.00157. The van der Waals surface area contributed by atoms with Crippen LogP contribution in [0, 0.1) is 5.92 Å². The summed E-state index contributed by atoms with van der Waals surface area (Å²) in [6.45, 7) is 11.3. The molecule has 1 aromatic rings. The Kier molecular flexibility index (Phi) is 29.6. The molecule has 0 spiro atoms. The zero-order valence-electron chi connectivity index (χ0n) is 37.1. The van der Waals surface area contributed by atoms with Crippen LogP contribution < -0.4 is 27.0 Å². The van der Waals surface area contributed by atoms with E-state index in [1.807, 2.05) is 0 Å². The number of anilines is 1. The molecule has 22 heteroatoms. The van der Waals surface area contributed by atoms with E-state index < -0.39 is 41.8 Å². The molecular formula is C42H66N6O16. The van der Waals surface area contributed by atoms with Gasteiger partial charge in [0.15, 0.2) is 0 Å². The molecule has 7 amide bonds. The molecule has 1 aliphatic heterocycles. The van der Waals surface area contributed by atoms with Crippen LogP contribution in [0.5, 0.6) is 0 Å². The van der Waals surface area contributed by atoms with E-state index in [1.165, 1.54) is 19.1 Å². The average molecular weight is 911 g/mol. The molecule has 0 unspecified atom stereocenters. The Hall–Kier alpha value is -5.07. The van der Waals surface area contributed by atoms with Gasteiger partial charge in [-0.1, -0.05) is 26.0 Å². The number of hydrogen-bond donors (Lipinski definition) is 5. The quantitative estimate of drug-likeness (QED) is 0.0425. The average Bonchev–Trinajstić information content (AvgIpc) is 3.59. The van der Waals surface area contributed by atoms with Gasteiger partial charge in [0.25, 0.3) is 11.8 Å². The van der Waals surface area contributed by atoms with Gasteiger partial charge in [0, 0.05) is 43.8 Å². The zero-order chi connectivity index (χ0) is 46.8. The van der Waals surface area contributed by atoms with Crippen LogP contribution in [-0.4, -0.2) is 177 Å². The fourth-order valence-corrected chi connectivity index (χ4v) is 5.26. The second-order valence-electron chi connectivity index (χ2n) is 14.2. The maximum absolute atomic E-state index is 12.9. The lowest BCUT2D eigenvalue weighted by atomic mass is 10.0. The first-order valence-electron chi connectivity index (χ1n) is 21.2. The smallest absolute Gasteiger partial charge is 0.404 e. The fourth-order valence-electron chi connectivity index (χ4n) is 5.26. The second-order valence-corrected chi connectivity index (χ2v) is 14.2. The van der Waals surface area contributed by atoms with Gasteiger partial charge in [-0.25, -0.2) is 4.79 Å². The molecule has 2 atom stereocenters. The van der Waals surface area contributed by atoms with Crippen molar-refractivity contribution in [3.05, 3.63) is 42.0 Å². The summed E-state index contributed by atoms with van der Waals surface area (Å²) in [6, 6.07) is 4.83. The van der Waals surface area contributed by atoms with Gasteiger partial charge in [0.2, 0.25) is 23.6 Å². The van der Waals surface area contributed by atoms with Crippen LogP contribution in [-0.2, 0) is 78.0 Å². The summed E-state index contributed by atoms with van der Waals surface area (Å²) in [5.74, 6) is -2.65. The van der Waals surface area contributed by atoms with Crippen LogP contribution in [0.2, 0.25) is 0 Å². The van der Waals surface area contributed by atoms with E-state index in [1.54, 1.807) is 38.1 Å². The highest BCUT2D eigenvalue weighted by atomic mass is 16.6. The molecule has 2 rings (SSSR count). The molecule has 1 aliphatic rings. The molecule has 0 aliphatic carbocycles. The lowest BCUT2D eigenvalue weighted by molar-refractivity contribution is -0.137. The van der Waals surface area contributed by atoms with Gasteiger partial charge in [-0.05, 0) is 30.5 Å². The highest BCUT2D eigenvalue weighted by molar-refractivity contribution is 6.13. The van der Waals surface area contributed by atoms with E-state index in [0.717, 1.165) is 4.90 Å². The summed E-state index contributed by atoms with van der Waals surface area (Å²) in [5.41, 5.74) is 6.13. The standard InChI is InChI=1S/C42H66N6O16/c1-31(2)39(41(54)45-32(3)40(53)46-34-6-4-33(5-7-34)30-64-42(43)55)47-36(50)11-14-56-16-18-58-20-22-60-24-26-62-28-29-63-27-25-61-23-21-59-19-17-57-15-12-44-35(49)10-13-48-37(51)8-9-38(48)52/h4-9,31-32,39H,10-30H2,1-3H3,(H2,43,55)(H,44,49)(H,45,54)(H,46,53)(H,47,50)/t32-,39-/m0/s1. The van der Waals surface area contributed by atoms with Gasteiger partial charge < -0.3 is 69.6 Å². The second kappa shape index (κ2) is 34.4. The molecular weight excluding hydrogens is 844 g/mol. The number of hydrogen-bond acceptors (Lipinski definition) is 16. The predicted octanol–water partition coefficient (Wildman–Crippen LogP) is -0.180. The van der Waals surface area contributed by atoms with Crippen LogP contribution in [0.1, 0.15) is 39.2 Å². The van der Waals surface area contributed by atoms with Crippen LogP contribution in [0.4, 0.5) is 10.5 Å². The zero-order valence-corrected chi connectivity index (χ0v) is 37.1. The Labute approximate surface area is 373 Å². The molecule has 22 nitrogen and oxygen atoms in total. The summed E-state index contributed by atoms with van der Waals surface area (Å²) < 4.78 is 48.4. The van der Waals surface area contributed by atoms with E-state index in [-0.39, 0.29) is 56.9 Å². The van der Waals surface area contributed by atoms with E-state index in [2.05, 4.69) is 21.3 Å². The first-order chi connectivity index (χ1) is 30.9. The molecule has 0 bridgehead atoms. The third-order valence-corrected chi connectivity index (χ3v) is 8.73. The van der Waals surface area contributed by atoms with Crippen LogP contribution in [0.3, 0.4) is 0 Å². The van der Waals surface area contributed by atoms with E-state index in [0.29, 0.717) is 110 Å². The topological polar surface area (TPSA) is 280 Å². The van der Waals surface area contributed by atoms with E-state index >= 15 is 0 Å². The lowest BCUT2D eigenvalue weighted by Crippen LogP contribution is -2.53. The molecule has 6 N–H and O–H groups in total. The van der Waals surface area contributed by atoms with Gasteiger partial charge >= 0.3 is 6.09 Å². The van der Waals surface area contributed by atoms with Gasteiger partial charge in [-0.2, -0.15) is 0 Å². The lowest BCUT2D eigenvalue weighted by Gasteiger charge is -2.24. The van der Waals surface area contributed by atoms with Crippen molar-refractivity contribution in [3.8, 4) is 0 Å². The normalized spacial score (nSPS) is 13.2. The van der Waals surface area contributed by atoms with Crippen molar-refractivity contribution >= 4 is 47.2 Å². The van der Waals surface area contributed by atoms with E-state index in [9.17, 15) is 33.6 Å². The van der Waals surface area contributed by atoms with Gasteiger partial charge in [0.05, 0.1) is 106 Å². The Bertz CT molecular complexity index is 1560. The number of nitrogens with one attached hydrogen (secondary N) is 4. The van der Waals surface area contributed by atoms with Crippen molar-refractivity contribution in [2.75, 3.05) is 124 Å². The summed E-state index contributed by atoms with van der Waals surface area (Å²) in [5, 5.41) is 10.7. The number of carbonyl (C=O) groups excluding carboxylic acids is 7. The Balaban J connectivity index is 1.32. The number of amides is 7. The summed E-state index contributed by atoms with van der Waals surface area (Å²) in [7, 11) is 0. The SMILES string of the molecule is CC(C)[C@H](NC(=O)CCOCCOCCOCCOCCOCCOCCOCCOCCNC(=O)CCN1C(=O)C=CC1=O)C(=O)N[C@@H](C)C(=O)Nc1ccc(COC(N)=O)cc1. The number of imide groups is 1. The molecule has 64 heavy (non-hydrogen) atoms. The van der Waals surface area contributed by atoms with Crippen molar-refractivity contribution in [3.63, 3.8) is 0 Å². The number of primary amides is 1. The van der Waals surface area contributed by atoms with Crippen LogP contribution in [0.15, 0.2) is 36.4 Å². The third-order valence-electron chi connectivity index (χ3n) is 8.73. The summed E-state index contributed by atoms with van der Waals surface area (Å²) in [4.78, 5) is 84.7. The first-order valence-corrected chi connectivity index (χ1v) is 21.2. The Morgan fingerprint density at radius 1 is 0.578 bits per heavy atom. The van der Waals surface area contributed by atoms with E-state index in [4.69, 9.17) is 48.4 Å². The molecule has 0 fully saturated rings. The maximum Gasteiger partial charge on any atom is 0.404 e. The van der Waals surface area contributed by atoms with Crippen LogP contribution in [0.25, 0.3) is 0 Å². The van der Waals surface area contributed by atoms with Gasteiger partial charge in [-0.3, -0.25) is 33.7 Å². The molecule has 0 saturated carbocycles. The van der Waals surface area contributed by atoms with Crippen molar-refractivity contribution < 1.29 is 76.2 Å². The van der Waals surface area contributed by atoms with Gasteiger partial charge in [-0.15, -0.1) is 0 Å². The number of rotatable bonds is 38. The molecule has 0 aromatic heterocycles. The molecule has 1 aromatic carbocycles. The number of nitrogens with zero attached hydrogens (tertiary/aromatic N) is 1. The number of nitrogens with two attached hydrogens (primary N) is 1. The molecule has 0 saturated heterocycles. The molecule has 360 valence electrons. The number of benzene rings is 1. The van der Waals surface area contributed by atoms with Crippen LogP contribution >= 0.6 is 0 Å². The Morgan fingerprint density at radius 3 is 1.48 bits per heavy atom. The van der Waals surface area contributed by atoms with Crippen molar-refractivity contribution in [2.45, 2.75) is 52.3 Å². The summed E-state index contributed by atoms with van der Waals surface area (Å²) in [6.07, 6.45) is 1.55. The maximum atomic E-state index is 12.9. The summed E-state index contributed by atoms with van der Waals surface area (Å²) >= 11 is 0. The molecule has 0 radical (unpaired) electrons. The minimum Gasteiger partial charge on any atom is -0.445 e. The number of ether oxygens (including phenoxy) is 9. The first kappa shape index (κ1) is 55.1. The van der Waals surface area contributed by atoms with Crippen molar-refractivity contribution in [1.82, 2.24) is 20.9 Å². The molecule has 1 heterocycles. The number of carbonyl (C=O) groups is 7. The highest BCUT2D eigenvalue weighted by Gasteiger charge is 2.27. The largest absolute Gasteiger partial charge is 0.445 e.